The molecule has 98 valence electrons. The number of ether oxygens (including phenoxy) is 3. The smallest absolute Gasteiger partial charge is 0.118 e. The molecule has 17 heavy (non-hydrogen) atoms. The highest BCUT2D eigenvalue weighted by Crippen LogP contribution is 2.12. The topological polar surface area (TPSA) is 47.9 Å². The lowest BCUT2D eigenvalue weighted by atomic mass is 10.2. The SMILES string of the molecule is COCCOCCOC.Cc1ccccc1O. The Kier molecular flexibility index (Phi) is 10.7. The first-order valence-corrected chi connectivity index (χ1v) is 5.52. The van der Waals surface area contributed by atoms with E-state index >= 15 is 0 Å². The number of para-hydroxylation sites is 1. The van der Waals surface area contributed by atoms with Gasteiger partial charge in [-0.3, -0.25) is 0 Å². The van der Waals surface area contributed by atoms with Gasteiger partial charge in [-0.05, 0) is 18.6 Å². The number of phenols is 1. The second-order valence-corrected chi connectivity index (χ2v) is 3.38. The van der Waals surface area contributed by atoms with Gasteiger partial charge in [0.2, 0.25) is 0 Å². The zero-order valence-corrected chi connectivity index (χ0v) is 10.8. The Morgan fingerprint density at radius 2 is 1.47 bits per heavy atom. The van der Waals surface area contributed by atoms with Crippen LogP contribution in [0.5, 0.6) is 5.75 Å². The van der Waals surface area contributed by atoms with E-state index in [0.717, 1.165) is 5.56 Å². The van der Waals surface area contributed by atoms with E-state index in [1.54, 1.807) is 20.3 Å². The van der Waals surface area contributed by atoms with Crippen LogP contribution in [-0.4, -0.2) is 45.8 Å². The van der Waals surface area contributed by atoms with Gasteiger partial charge in [-0.2, -0.15) is 0 Å². The van der Waals surface area contributed by atoms with E-state index in [2.05, 4.69) is 0 Å². The van der Waals surface area contributed by atoms with E-state index in [1.165, 1.54) is 0 Å². The molecule has 0 radical (unpaired) electrons. The van der Waals surface area contributed by atoms with Gasteiger partial charge in [-0.1, -0.05) is 18.2 Å². The van der Waals surface area contributed by atoms with Gasteiger partial charge in [-0.25, -0.2) is 0 Å². The molecule has 4 heteroatoms. The van der Waals surface area contributed by atoms with Crippen molar-refractivity contribution >= 4 is 0 Å². The normalized spacial score (nSPS) is 9.59. The molecular weight excluding hydrogens is 220 g/mol. The second kappa shape index (κ2) is 11.4. The molecule has 0 heterocycles. The van der Waals surface area contributed by atoms with Gasteiger partial charge in [0.15, 0.2) is 0 Å². The van der Waals surface area contributed by atoms with Gasteiger partial charge in [-0.15, -0.1) is 0 Å². The molecule has 0 aromatic heterocycles. The maximum absolute atomic E-state index is 8.92. The fraction of sp³-hybridized carbons (Fsp3) is 0.538. The molecule has 0 unspecified atom stereocenters. The van der Waals surface area contributed by atoms with Crippen molar-refractivity contribution in [2.75, 3.05) is 40.6 Å². The fourth-order valence-corrected chi connectivity index (χ4v) is 0.950. The Bertz CT molecular complexity index is 249. The highest BCUT2D eigenvalue weighted by Gasteiger charge is 1.87. The Morgan fingerprint density at radius 3 is 1.82 bits per heavy atom. The van der Waals surface area contributed by atoms with Gasteiger partial charge in [0.05, 0.1) is 26.4 Å². The third-order valence-electron chi connectivity index (χ3n) is 1.98. The van der Waals surface area contributed by atoms with E-state index in [-0.39, 0.29) is 0 Å². The first kappa shape index (κ1) is 15.9. The number of aryl methyl sites for hydroxylation is 1. The summed E-state index contributed by atoms with van der Waals surface area (Å²) in [5, 5.41) is 8.92. The Balaban J connectivity index is 0.000000302. The van der Waals surface area contributed by atoms with Crippen molar-refractivity contribution in [2.45, 2.75) is 6.92 Å². The van der Waals surface area contributed by atoms with Crippen LogP contribution in [0.15, 0.2) is 24.3 Å². The Morgan fingerprint density at radius 1 is 0.941 bits per heavy atom. The molecule has 0 atom stereocenters. The van der Waals surface area contributed by atoms with Gasteiger partial charge in [0.25, 0.3) is 0 Å². The molecule has 1 aromatic rings. The lowest BCUT2D eigenvalue weighted by Crippen LogP contribution is -2.06. The number of methoxy groups -OCH3 is 2. The van der Waals surface area contributed by atoms with Gasteiger partial charge in [0, 0.05) is 14.2 Å². The van der Waals surface area contributed by atoms with Crippen molar-refractivity contribution in [3.63, 3.8) is 0 Å². The molecule has 1 rings (SSSR count). The van der Waals surface area contributed by atoms with Crippen LogP contribution in [0.3, 0.4) is 0 Å². The highest BCUT2D eigenvalue weighted by atomic mass is 16.5. The number of hydrogen-bond acceptors (Lipinski definition) is 4. The fourth-order valence-electron chi connectivity index (χ4n) is 0.950. The molecule has 0 fully saturated rings. The first-order chi connectivity index (χ1) is 8.22. The highest BCUT2D eigenvalue weighted by molar-refractivity contribution is 5.29. The van der Waals surface area contributed by atoms with Crippen LogP contribution in [0, 0.1) is 6.92 Å². The van der Waals surface area contributed by atoms with E-state index in [1.807, 2.05) is 25.1 Å². The summed E-state index contributed by atoms with van der Waals surface area (Å²) in [7, 11) is 3.30. The van der Waals surface area contributed by atoms with Crippen molar-refractivity contribution in [1.82, 2.24) is 0 Å². The minimum Gasteiger partial charge on any atom is -0.508 e. The van der Waals surface area contributed by atoms with Gasteiger partial charge >= 0.3 is 0 Å². The lowest BCUT2D eigenvalue weighted by Gasteiger charge is -2.00. The third-order valence-corrected chi connectivity index (χ3v) is 1.98. The zero-order valence-electron chi connectivity index (χ0n) is 10.8. The Hall–Kier alpha value is -1.10. The maximum atomic E-state index is 8.92. The van der Waals surface area contributed by atoms with Crippen molar-refractivity contribution in [1.29, 1.82) is 0 Å². The van der Waals surface area contributed by atoms with Gasteiger partial charge < -0.3 is 19.3 Å². The average molecular weight is 242 g/mol. The second-order valence-electron chi connectivity index (χ2n) is 3.38. The monoisotopic (exact) mass is 242 g/mol. The summed E-state index contributed by atoms with van der Waals surface area (Å²) in [5.41, 5.74) is 0.924. The van der Waals surface area contributed by atoms with Crippen LogP contribution in [-0.2, 0) is 14.2 Å². The van der Waals surface area contributed by atoms with E-state index in [0.29, 0.717) is 32.2 Å². The summed E-state index contributed by atoms with van der Waals surface area (Å²) >= 11 is 0. The van der Waals surface area contributed by atoms with Gasteiger partial charge in [0.1, 0.15) is 5.75 Å². The molecule has 0 saturated carbocycles. The van der Waals surface area contributed by atoms with Crippen LogP contribution in [0.2, 0.25) is 0 Å². The summed E-state index contributed by atoms with van der Waals surface area (Å²) in [6.07, 6.45) is 0. The number of aromatic hydroxyl groups is 1. The summed E-state index contributed by atoms with van der Waals surface area (Å²) in [6.45, 7) is 4.49. The summed E-state index contributed by atoms with van der Waals surface area (Å²) in [6, 6.07) is 7.25. The number of benzene rings is 1. The number of rotatable bonds is 6. The van der Waals surface area contributed by atoms with E-state index < -0.39 is 0 Å². The van der Waals surface area contributed by atoms with Crippen LogP contribution in [0.25, 0.3) is 0 Å². The number of phenolic OH excluding ortho intramolecular Hbond substituents is 1. The predicted molar refractivity (Wildman–Crippen MR) is 67.4 cm³/mol. The van der Waals surface area contributed by atoms with Crippen molar-refractivity contribution in [3.8, 4) is 5.75 Å². The molecule has 0 aliphatic rings. The van der Waals surface area contributed by atoms with Crippen LogP contribution in [0.1, 0.15) is 5.56 Å². The molecule has 0 aliphatic carbocycles. The zero-order chi connectivity index (χ0) is 12.9. The molecule has 1 aromatic carbocycles. The summed E-state index contributed by atoms with van der Waals surface area (Å²) in [4.78, 5) is 0. The maximum Gasteiger partial charge on any atom is 0.118 e. The quantitative estimate of drug-likeness (QED) is 0.775. The van der Waals surface area contributed by atoms with E-state index in [9.17, 15) is 0 Å². The van der Waals surface area contributed by atoms with Crippen LogP contribution >= 0.6 is 0 Å². The van der Waals surface area contributed by atoms with Crippen LogP contribution < -0.4 is 0 Å². The van der Waals surface area contributed by atoms with Crippen molar-refractivity contribution in [2.24, 2.45) is 0 Å². The molecule has 0 saturated heterocycles. The largest absolute Gasteiger partial charge is 0.508 e. The minimum atomic E-state index is 0.368. The van der Waals surface area contributed by atoms with E-state index in [4.69, 9.17) is 19.3 Å². The average Bonchev–Trinajstić information content (AvgIpc) is 2.34. The molecule has 0 bridgehead atoms. The third kappa shape index (κ3) is 9.81. The molecule has 4 nitrogen and oxygen atoms in total. The lowest BCUT2D eigenvalue weighted by molar-refractivity contribution is 0.0385. The molecule has 1 N–H and O–H groups in total. The predicted octanol–water partition coefficient (Wildman–Crippen LogP) is 2.00. The minimum absolute atomic E-state index is 0.368. The molecule has 0 spiro atoms. The number of hydrogen-bond donors (Lipinski definition) is 1. The first-order valence-electron chi connectivity index (χ1n) is 5.52. The Labute approximate surface area is 103 Å². The molecule has 0 amide bonds. The van der Waals surface area contributed by atoms with Crippen molar-refractivity contribution < 1.29 is 19.3 Å². The van der Waals surface area contributed by atoms with Crippen molar-refractivity contribution in [3.05, 3.63) is 29.8 Å². The summed E-state index contributed by atoms with van der Waals surface area (Å²) in [5.74, 6) is 0.368. The van der Waals surface area contributed by atoms with Crippen LogP contribution in [0.4, 0.5) is 0 Å². The molecule has 0 aliphatic heterocycles. The molecular formula is C13H22O4. The standard InChI is InChI=1S/C7H8O.C6H14O3/c1-6-4-2-3-5-7(6)8;1-7-3-5-9-6-4-8-2/h2-5,8H,1H3;3-6H2,1-2H3. The summed E-state index contributed by atoms with van der Waals surface area (Å²) < 4.78 is 14.6.